The Hall–Kier alpha value is -0.120. The van der Waals surface area contributed by atoms with E-state index in [-0.39, 0.29) is 6.10 Å². The maximum absolute atomic E-state index is 9.99. The van der Waals surface area contributed by atoms with Crippen LogP contribution in [0.4, 0.5) is 0 Å². The molecule has 0 aromatic rings. The van der Waals surface area contributed by atoms with Crippen molar-refractivity contribution in [3.63, 3.8) is 0 Å². The van der Waals surface area contributed by atoms with E-state index >= 15 is 0 Å². The Labute approximate surface area is 157 Å². The van der Waals surface area contributed by atoms with E-state index < -0.39 is 12.2 Å². The molecule has 0 aliphatic carbocycles. The summed E-state index contributed by atoms with van der Waals surface area (Å²) in [5.41, 5.74) is 0. The molecule has 3 nitrogen and oxygen atoms in total. The summed E-state index contributed by atoms with van der Waals surface area (Å²) in [6, 6.07) is 0. The van der Waals surface area contributed by atoms with E-state index in [4.69, 9.17) is 0 Å². The van der Waals surface area contributed by atoms with Crippen LogP contribution in [0.1, 0.15) is 123 Å². The molecule has 3 N–H and O–H groups in total. The Balaban J connectivity index is 3.36. The first-order valence-electron chi connectivity index (χ1n) is 11.2. The fourth-order valence-electron chi connectivity index (χ4n) is 3.38. The molecule has 0 heterocycles. The molecule has 0 aliphatic heterocycles. The van der Waals surface area contributed by atoms with Crippen molar-refractivity contribution in [1.82, 2.24) is 0 Å². The first-order valence-corrected chi connectivity index (χ1v) is 11.2. The van der Waals surface area contributed by atoms with Gasteiger partial charge in [-0.1, -0.05) is 97.3 Å². The summed E-state index contributed by atoms with van der Waals surface area (Å²) in [5.74, 6) is 0. The van der Waals surface area contributed by atoms with Crippen molar-refractivity contribution in [1.29, 1.82) is 0 Å². The van der Waals surface area contributed by atoms with E-state index in [1.54, 1.807) is 0 Å². The second-order valence-corrected chi connectivity index (χ2v) is 7.83. The van der Waals surface area contributed by atoms with Crippen LogP contribution < -0.4 is 0 Å². The molecule has 0 radical (unpaired) electrons. The minimum atomic E-state index is -0.542. The lowest BCUT2D eigenvalue weighted by molar-refractivity contribution is 0.00713. The molecule has 0 saturated heterocycles. The number of hydrogen-bond acceptors (Lipinski definition) is 3. The SMILES string of the molecule is CCCCCCC(O)C(O)CCCCCCCCC(O)CCCCC. The average molecular weight is 359 g/mol. The van der Waals surface area contributed by atoms with Gasteiger partial charge in [0.05, 0.1) is 18.3 Å². The van der Waals surface area contributed by atoms with Crippen molar-refractivity contribution in [2.45, 2.75) is 141 Å². The summed E-state index contributed by atoms with van der Waals surface area (Å²) in [7, 11) is 0. The zero-order valence-electron chi connectivity index (χ0n) is 17.1. The van der Waals surface area contributed by atoms with E-state index in [0.717, 1.165) is 64.2 Å². The van der Waals surface area contributed by atoms with Gasteiger partial charge in [-0.05, 0) is 25.7 Å². The maximum atomic E-state index is 9.99. The van der Waals surface area contributed by atoms with Crippen LogP contribution >= 0.6 is 0 Å². The van der Waals surface area contributed by atoms with E-state index in [1.165, 1.54) is 44.9 Å². The molecule has 25 heavy (non-hydrogen) atoms. The van der Waals surface area contributed by atoms with E-state index in [0.29, 0.717) is 0 Å². The fraction of sp³-hybridized carbons (Fsp3) is 1.00. The standard InChI is InChI=1S/C22H46O3/c1-3-5-7-14-18-21(24)22(25)19-15-11-9-8-10-13-17-20(23)16-12-6-4-2/h20-25H,3-19H2,1-2H3. The summed E-state index contributed by atoms with van der Waals surface area (Å²) in [5, 5.41) is 29.8. The van der Waals surface area contributed by atoms with Gasteiger partial charge in [0.15, 0.2) is 0 Å². The first kappa shape index (κ1) is 24.9. The summed E-state index contributed by atoms with van der Waals surface area (Å²) in [4.78, 5) is 0. The number of aliphatic hydroxyl groups excluding tert-OH is 3. The van der Waals surface area contributed by atoms with E-state index in [9.17, 15) is 15.3 Å². The molecule has 3 atom stereocenters. The normalized spacial score (nSPS) is 15.2. The molecule has 0 fully saturated rings. The van der Waals surface area contributed by atoms with Gasteiger partial charge in [-0.2, -0.15) is 0 Å². The third-order valence-corrected chi connectivity index (χ3v) is 5.23. The third kappa shape index (κ3) is 17.1. The Morgan fingerprint density at radius 2 is 0.760 bits per heavy atom. The maximum Gasteiger partial charge on any atom is 0.0799 e. The van der Waals surface area contributed by atoms with E-state index in [1.807, 2.05) is 0 Å². The van der Waals surface area contributed by atoms with Crippen molar-refractivity contribution in [3.05, 3.63) is 0 Å². The Morgan fingerprint density at radius 1 is 0.440 bits per heavy atom. The molecule has 3 heteroatoms. The molecular formula is C22H46O3. The quantitative estimate of drug-likeness (QED) is 0.258. The fourth-order valence-corrected chi connectivity index (χ4v) is 3.38. The van der Waals surface area contributed by atoms with Crippen LogP contribution in [0.5, 0.6) is 0 Å². The number of unbranched alkanes of at least 4 members (excludes halogenated alkanes) is 10. The van der Waals surface area contributed by atoms with Crippen LogP contribution in [-0.4, -0.2) is 33.6 Å². The smallest absolute Gasteiger partial charge is 0.0799 e. The van der Waals surface area contributed by atoms with Crippen molar-refractivity contribution in [3.8, 4) is 0 Å². The van der Waals surface area contributed by atoms with Crippen LogP contribution in [0.3, 0.4) is 0 Å². The van der Waals surface area contributed by atoms with Crippen LogP contribution in [0.25, 0.3) is 0 Å². The molecule has 0 aliphatic rings. The zero-order valence-corrected chi connectivity index (χ0v) is 17.1. The predicted octanol–water partition coefficient (Wildman–Crippen LogP) is 5.74. The highest BCUT2D eigenvalue weighted by atomic mass is 16.3. The van der Waals surface area contributed by atoms with Crippen LogP contribution in [0.2, 0.25) is 0 Å². The van der Waals surface area contributed by atoms with Gasteiger partial charge in [-0.3, -0.25) is 0 Å². The second-order valence-electron chi connectivity index (χ2n) is 7.83. The molecule has 0 aromatic carbocycles. The molecule has 0 bridgehead atoms. The highest BCUT2D eigenvalue weighted by molar-refractivity contribution is 4.67. The van der Waals surface area contributed by atoms with Gasteiger partial charge < -0.3 is 15.3 Å². The third-order valence-electron chi connectivity index (χ3n) is 5.23. The van der Waals surface area contributed by atoms with Gasteiger partial charge >= 0.3 is 0 Å². The molecule has 0 amide bonds. The number of rotatable bonds is 19. The predicted molar refractivity (Wildman–Crippen MR) is 108 cm³/mol. The Kier molecular flexibility index (Phi) is 18.6. The summed E-state index contributed by atoms with van der Waals surface area (Å²) >= 11 is 0. The van der Waals surface area contributed by atoms with Gasteiger partial charge in [0.1, 0.15) is 0 Å². The second kappa shape index (κ2) is 18.7. The van der Waals surface area contributed by atoms with E-state index in [2.05, 4.69) is 13.8 Å². The minimum absolute atomic E-state index is 0.0967. The molecule has 0 rings (SSSR count). The van der Waals surface area contributed by atoms with Gasteiger partial charge in [-0.15, -0.1) is 0 Å². The monoisotopic (exact) mass is 358 g/mol. The molecule has 3 unspecified atom stereocenters. The Morgan fingerprint density at radius 3 is 1.24 bits per heavy atom. The molecule has 0 spiro atoms. The topological polar surface area (TPSA) is 60.7 Å². The average Bonchev–Trinajstić information content (AvgIpc) is 2.60. The minimum Gasteiger partial charge on any atom is -0.393 e. The lowest BCUT2D eigenvalue weighted by Gasteiger charge is -2.17. The van der Waals surface area contributed by atoms with Crippen molar-refractivity contribution in [2.24, 2.45) is 0 Å². The number of aliphatic hydroxyl groups is 3. The molecule has 0 saturated carbocycles. The summed E-state index contributed by atoms with van der Waals surface area (Å²) in [6.45, 7) is 4.38. The zero-order chi connectivity index (χ0) is 18.8. The largest absolute Gasteiger partial charge is 0.393 e. The molecule has 152 valence electrons. The van der Waals surface area contributed by atoms with Crippen LogP contribution in [0.15, 0.2) is 0 Å². The summed E-state index contributed by atoms with van der Waals surface area (Å²) in [6.07, 6.45) is 17.3. The highest BCUT2D eigenvalue weighted by Gasteiger charge is 2.15. The first-order chi connectivity index (χ1) is 12.1. The lowest BCUT2D eigenvalue weighted by atomic mass is 9.99. The van der Waals surface area contributed by atoms with Gasteiger partial charge in [0, 0.05) is 0 Å². The van der Waals surface area contributed by atoms with Crippen molar-refractivity contribution >= 4 is 0 Å². The molecular weight excluding hydrogens is 312 g/mol. The molecule has 0 aromatic heterocycles. The number of hydrogen-bond donors (Lipinski definition) is 3. The van der Waals surface area contributed by atoms with Crippen LogP contribution in [0, 0.1) is 0 Å². The van der Waals surface area contributed by atoms with Gasteiger partial charge in [0.25, 0.3) is 0 Å². The summed E-state index contributed by atoms with van der Waals surface area (Å²) < 4.78 is 0. The van der Waals surface area contributed by atoms with Crippen molar-refractivity contribution < 1.29 is 15.3 Å². The Bertz CT molecular complexity index is 258. The van der Waals surface area contributed by atoms with Crippen molar-refractivity contribution in [2.75, 3.05) is 0 Å². The van der Waals surface area contributed by atoms with Crippen LogP contribution in [-0.2, 0) is 0 Å². The van der Waals surface area contributed by atoms with Gasteiger partial charge in [-0.25, -0.2) is 0 Å². The van der Waals surface area contributed by atoms with Gasteiger partial charge in [0.2, 0.25) is 0 Å². The lowest BCUT2D eigenvalue weighted by Crippen LogP contribution is -2.25. The highest BCUT2D eigenvalue weighted by Crippen LogP contribution is 2.16.